The quantitative estimate of drug-likeness (QED) is 0.660. The highest BCUT2D eigenvalue weighted by Gasteiger charge is 2.26. The lowest BCUT2D eigenvalue weighted by Crippen LogP contribution is -2.53. The van der Waals surface area contributed by atoms with Crippen LogP contribution in [-0.4, -0.2) is 59.4 Å². The Morgan fingerprint density at radius 1 is 0.969 bits per heavy atom. The number of nitrogens with zero attached hydrogens (tertiary/aromatic N) is 3. The number of urea groups is 1. The molecule has 1 saturated heterocycles. The monoisotopic (exact) mass is 440 g/mol. The summed E-state index contributed by atoms with van der Waals surface area (Å²) in [4.78, 5) is 32.4. The summed E-state index contributed by atoms with van der Waals surface area (Å²) in [6.07, 6.45) is 1.99. The van der Waals surface area contributed by atoms with Crippen molar-refractivity contribution in [3.05, 3.63) is 77.7 Å². The van der Waals surface area contributed by atoms with Crippen LogP contribution in [0.4, 0.5) is 13.6 Å². The van der Waals surface area contributed by atoms with E-state index in [0.717, 1.165) is 0 Å². The zero-order chi connectivity index (χ0) is 22.5. The molecule has 0 unspecified atom stereocenters. The van der Waals surface area contributed by atoms with Crippen LogP contribution in [0.1, 0.15) is 16.1 Å². The molecular weight excluding hydrogens is 418 g/mol. The Morgan fingerprint density at radius 3 is 2.38 bits per heavy atom. The summed E-state index contributed by atoms with van der Waals surface area (Å²) in [6, 6.07) is 11.5. The minimum absolute atomic E-state index is 0.0398. The smallest absolute Gasteiger partial charge is 0.317 e. The zero-order valence-corrected chi connectivity index (χ0v) is 17.3. The summed E-state index contributed by atoms with van der Waals surface area (Å²) < 4.78 is 32.3. The van der Waals surface area contributed by atoms with Crippen molar-refractivity contribution in [3.8, 4) is 11.5 Å². The number of amides is 3. The second-order valence-corrected chi connectivity index (χ2v) is 7.39. The average molecular weight is 440 g/mol. The molecule has 1 aliphatic heterocycles. The van der Waals surface area contributed by atoms with Crippen molar-refractivity contribution in [2.45, 2.75) is 6.42 Å². The highest BCUT2D eigenvalue weighted by atomic mass is 19.1. The van der Waals surface area contributed by atoms with E-state index in [0.29, 0.717) is 56.3 Å². The number of hydrogen-bond acceptors (Lipinski definition) is 4. The van der Waals surface area contributed by atoms with E-state index in [1.165, 1.54) is 36.6 Å². The van der Waals surface area contributed by atoms with Gasteiger partial charge < -0.3 is 19.5 Å². The molecule has 0 saturated carbocycles. The van der Waals surface area contributed by atoms with E-state index in [9.17, 15) is 18.4 Å². The second kappa shape index (κ2) is 9.59. The van der Waals surface area contributed by atoms with Crippen molar-refractivity contribution in [1.82, 2.24) is 20.1 Å². The summed E-state index contributed by atoms with van der Waals surface area (Å²) in [5, 5.41) is 2.83. The Labute approximate surface area is 183 Å². The third-order valence-corrected chi connectivity index (χ3v) is 5.26. The third kappa shape index (κ3) is 4.93. The fourth-order valence-corrected chi connectivity index (χ4v) is 3.47. The first kappa shape index (κ1) is 21.5. The molecule has 7 nitrogen and oxygen atoms in total. The van der Waals surface area contributed by atoms with E-state index >= 15 is 0 Å². The van der Waals surface area contributed by atoms with Crippen LogP contribution in [-0.2, 0) is 6.42 Å². The van der Waals surface area contributed by atoms with Crippen LogP contribution < -0.4 is 5.32 Å². The summed E-state index contributed by atoms with van der Waals surface area (Å²) in [5.41, 5.74) is 1.38. The van der Waals surface area contributed by atoms with Crippen molar-refractivity contribution in [1.29, 1.82) is 0 Å². The van der Waals surface area contributed by atoms with Gasteiger partial charge in [-0.05, 0) is 36.4 Å². The SMILES string of the molecule is O=C(NCCc1coc(-c2ccc(F)cc2)n1)N1CCN(C(=O)c2ccccc2F)CC1. The van der Waals surface area contributed by atoms with Crippen LogP contribution in [0, 0.1) is 11.6 Å². The van der Waals surface area contributed by atoms with Crippen LogP contribution in [0.15, 0.2) is 59.2 Å². The van der Waals surface area contributed by atoms with E-state index < -0.39 is 5.82 Å². The summed E-state index contributed by atoms with van der Waals surface area (Å²) >= 11 is 0. The molecule has 3 aromatic rings. The van der Waals surface area contributed by atoms with E-state index in [-0.39, 0.29) is 23.3 Å². The van der Waals surface area contributed by atoms with Gasteiger partial charge in [0.15, 0.2) is 0 Å². The minimum atomic E-state index is -0.548. The first-order valence-electron chi connectivity index (χ1n) is 10.3. The Kier molecular flexibility index (Phi) is 6.44. The van der Waals surface area contributed by atoms with Gasteiger partial charge in [0.05, 0.1) is 11.3 Å². The van der Waals surface area contributed by atoms with Gasteiger partial charge in [-0.2, -0.15) is 0 Å². The van der Waals surface area contributed by atoms with Crippen molar-refractivity contribution in [2.75, 3.05) is 32.7 Å². The molecule has 0 radical (unpaired) electrons. The molecule has 2 aromatic carbocycles. The van der Waals surface area contributed by atoms with Gasteiger partial charge in [0.1, 0.15) is 17.9 Å². The van der Waals surface area contributed by atoms with Crippen LogP contribution in [0.5, 0.6) is 0 Å². The number of carbonyl (C=O) groups is 2. The Balaban J connectivity index is 1.22. The average Bonchev–Trinajstić information content (AvgIpc) is 3.28. The van der Waals surface area contributed by atoms with Crippen molar-refractivity contribution in [2.24, 2.45) is 0 Å². The minimum Gasteiger partial charge on any atom is -0.444 e. The molecular formula is C23H22F2N4O3. The number of oxazole rings is 1. The number of rotatable bonds is 5. The molecule has 2 heterocycles. The maximum absolute atomic E-state index is 13.8. The van der Waals surface area contributed by atoms with Crippen LogP contribution in [0.3, 0.4) is 0 Å². The molecule has 32 heavy (non-hydrogen) atoms. The number of nitrogens with one attached hydrogen (secondary N) is 1. The highest BCUT2D eigenvalue weighted by molar-refractivity contribution is 5.94. The van der Waals surface area contributed by atoms with Gasteiger partial charge in [0, 0.05) is 44.7 Å². The van der Waals surface area contributed by atoms with Crippen molar-refractivity contribution < 1.29 is 22.8 Å². The normalized spacial score (nSPS) is 13.8. The molecule has 0 bridgehead atoms. The predicted molar refractivity (Wildman–Crippen MR) is 113 cm³/mol. The molecule has 0 aliphatic carbocycles. The Morgan fingerprint density at radius 2 is 1.66 bits per heavy atom. The lowest BCUT2D eigenvalue weighted by atomic mass is 10.1. The number of benzene rings is 2. The maximum Gasteiger partial charge on any atom is 0.317 e. The molecule has 3 amide bonds. The second-order valence-electron chi connectivity index (χ2n) is 7.39. The summed E-state index contributed by atoms with van der Waals surface area (Å²) in [5.74, 6) is -0.859. The zero-order valence-electron chi connectivity index (χ0n) is 17.3. The standard InChI is InChI=1S/C23H22F2N4O3/c24-17-7-5-16(6-8-17)21-27-18(15-32-21)9-10-26-23(31)29-13-11-28(12-14-29)22(30)19-3-1-2-4-20(19)25/h1-8,15H,9-14H2,(H,26,31). The van der Waals surface area contributed by atoms with Gasteiger partial charge in [-0.1, -0.05) is 12.1 Å². The van der Waals surface area contributed by atoms with Gasteiger partial charge >= 0.3 is 6.03 Å². The molecule has 1 fully saturated rings. The van der Waals surface area contributed by atoms with Gasteiger partial charge in [-0.25, -0.2) is 18.6 Å². The Hall–Kier alpha value is -3.75. The first-order chi connectivity index (χ1) is 15.5. The van der Waals surface area contributed by atoms with Gasteiger partial charge in [-0.15, -0.1) is 0 Å². The molecule has 166 valence electrons. The number of hydrogen-bond donors (Lipinski definition) is 1. The third-order valence-electron chi connectivity index (χ3n) is 5.26. The van der Waals surface area contributed by atoms with E-state index in [1.54, 1.807) is 28.0 Å². The predicted octanol–water partition coefficient (Wildman–Crippen LogP) is 3.33. The van der Waals surface area contributed by atoms with Crippen LogP contribution in [0.2, 0.25) is 0 Å². The number of carbonyl (C=O) groups excluding carboxylic acids is 2. The van der Waals surface area contributed by atoms with E-state index in [4.69, 9.17) is 4.42 Å². The number of halogens is 2. The molecule has 0 spiro atoms. The largest absolute Gasteiger partial charge is 0.444 e. The fourth-order valence-electron chi connectivity index (χ4n) is 3.47. The topological polar surface area (TPSA) is 78.7 Å². The summed E-state index contributed by atoms with van der Waals surface area (Å²) in [7, 11) is 0. The lowest BCUT2D eigenvalue weighted by Gasteiger charge is -2.34. The fraction of sp³-hybridized carbons (Fsp3) is 0.261. The van der Waals surface area contributed by atoms with Gasteiger partial charge in [-0.3, -0.25) is 4.79 Å². The van der Waals surface area contributed by atoms with E-state index in [1.807, 2.05) is 0 Å². The van der Waals surface area contributed by atoms with Crippen molar-refractivity contribution in [3.63, 3.8) is 0 Å². The molecule has 1 N–H and O–H groups in total. The molecule has 0 atom stereocenters. The number of aromatic nitrogens is 1. The lowest BCUT2D eigenvalue weighted by molar-refractivity contribution is 0.0660. The molecule has 1 aliphatic rings. The molecule has 9 heteroatoms. The van der Waals surface area contributed by atoms with Gasteiger partial charge in [0.2, 0.25) is 5.89 Å². The summed E-state index contributed by atoms with van der Waals surface area (Å²) in [6.45, 7) is 1.77. The molecule has 1 aromatic heterocycles. The Bertz CT molecular complexity index is 1090. The maximum atomic E-state index is 13.8. The van der Waals surface area contributed by atoms with Gasteiger partial charge in [0.25, 0.3) is 5.91 Å². The van der Waals surface area contributed by atoms with Crippen LogP contribution in [0.25, 0.3) is 11.5 Å². The highest BCUT2D eigenvalue weighted by Crippen LogP contribution is 2.19. The number of piperazine rings is 1. The molecule has 4 rings (SSSR count). The first-order valence-corrected chi connectivity index (χ1v) is 10.3. The van der Waals surface area contributed by atoms with E-state index in [2.05, 4.69) is 10.3 Å². The van der Waals surface area contributed by atoms with Crippen molar-refractivity contribution >= 4 is 11.9 Å². The van der Waals surface area contributed by atoms with Crippen LogP contribution >= 0.6 is 0 Å².